The van der Waals surface area contributed by atoms with Crippen molar-refractivity contribution in [2.75, 3.05) is 22.1 Å². The molecular formula is C18H16F4N2O4S2. The second-order valence-electron chi connectivity index (χ2n) is 5.37. The number of hydrogen-bond acceptors (Lipinski definition) is 6. The Kier molecular flexibility index (Phi) is 9.61. The van der Waals surface area contributed by atoms with Crippen LogP contribution in [0.1, 0.15) is 0 Å². The minimum absolute atomic E-state index is 0.0635. The summed E-state index contributed by atoms with van der Waals surface area (Å²) in [5, 5.41) is 4.90. The number of alkyl halides is 4. The fraction of sp³-hybridized carbons (Fsp3) is 0.222. The van der Waals surface area contributed by atoms with Crippen molar-refractivity contribution in [3.8, 4) is 11.5 Å². The monoisotopic (exact) mass is 464 g/mol. The lowest BCUT2D eigenvalue weighted by atomic mass is 10.3. The predicted molar refractivity (Wildman–Crippen MR) is 108 cm³/mol. The van der Waals surface area contributed by atoms with Crippen molar-refractivity contribution in [1.82, 2.24) is 0 Å². The van der Waals surface area contributed by atoms with Crippen molar-refractivity contribution in [2.24, 2.45) is 0 Å². The summed E-state index contributed by atoms with van der Waals surface area (Å²) >= 11 is 0. The number of ether oxygens (including phenoxy) is 2. The molecule has 0 unspecified atom stereocenters. The van der Waals surface area contributed by atoms with E-state index in [1.54, 1.807) is 12.1 Å². The van der Waals surface area contributed by atoms with Gasteiger partial charge in [0.05, 0.1) is 22.9 Å². The SMILES string of the molecule is O=C(CSSCC(=O)Nc1ccccc1OC(F)F)Nc1ccccc1OC(F)F. The second-order valence-corrected chi connectivity index (χ2v) is 7.83. The molecule has 2 rings (SSSR count). The molecule has 0 spiro atoms. The minimum atomic E-state index is -3.03. The normalized spacial score (nSPS) is 10.7. The molecule has 0 fully saturated rings. The number of hydrogen-bond donors (Lipinski definition) is 2. The largest absolute Gasteiger partial charge is 0.433 e. The maximum atomic E-state index is 12.4. The molecule has 0 saturated carbocycles. The van der Waals surface area contributed by atoms with Crippen LogP contribution in [0.4, 0.5) is 28.9 Å². The van der Waals surface area contributed by atoms with Crippen LogP contribution in [0.25, 0.3) is 0 Å². The maximum absolute atomic E-state index is 12.4. The first kappa shape index (κ1) is 23.7. The summed E-state index contributed by atoms with van der Waals surface area (Å²) in [7, 11) is 2.12. The zero-order valence-electron chi connectivity index (χ0n) is 15.1. The van der Waals surface area contributed by atoms with Gasteiger partial charge in [-0.3, -0.25) is 9.59 Å². The van der Waals surface area contributed by atoms with E-state index in [4.69, 9.17) is 0 Å². The summed E-state index contributed by atoms with van der Waals surface area (Å²) in [6.07, 6.45) is 0. The van der Waals surface area contributed by atoms with Crippen molar-refractivity contribution in [3.63, 3.8) is 0 Å². The Bertz CT molecular complexity index is 789. The van der Waals surface area contributed by atoms with E-state index in [9.17, 15) is 27.2 Å². The number of halogens is 4. The molecule has 0 aliphatic rings. The van der Waals surface area contributed by atoms with Gasteiger partial charge in [-0.25, -0.2) is 0 Å². The third-order valence-electron chi connectivity index (χ3n) is 3.22. The molecule has 0 aliphatic carbocycles. The molecule has 30 heavy (non-hydrogen) atoms. The summed E-state index contributed by atoms with van der Waals surface area (Å²) in [6, 6.07) is 11.5. The number of carbonyl (C=O) groups excluding carboxylic acids is 2. The van der Waals surface area contributed by atoms with Crippen LogP contribution in [0.5, 0.6) is 11.5 Å². The van der Waals surface area contributed by atoms with E-state index < -0.39 is 25.0 Å². The van der Waals surface area contributed by atoms with Gasteiger partial charge in [-0.05, 0) is 24.3 Å². The number of nitrogens with one attached hydrogen (secondary N) is 2. The highest BCUT2D eigenvalue weighted by molar-refractivity contribution is 8.77. The Morgan fingerprint density at radius 2 is 1.10 bits per heavy atom. The van der Waals surface area contributed by atoms with Gasteiger partial charge in [0.1, 0.15) is 11.5 Å². The van der Waals surface area contributed by atoms with Gasteiger partial charge in [0.15, 0.2) is 0 Å². The van der Waals surface area contributed by atoms with Gasteiger partial charge >= 0.3 is 13.2 Å². The number of para-hydroxylation sites is 4. The zero-order chi connectivity index (χ0) is 21.9. The van der Waals surface area contributed by atoms with Crippen LogP contribution in [0.15, 0.2) is 48.5 Å². The average Bonchev–Trinajstić information content (AvgIpc) is 2.67. The maximum Gasteiger partial charge on any atom is 0.387 e. The molecule has 0 bridgehead atoms. The van der Waals surface area contributed by atoms with Crippen molar-refractivity contribution in [3.05, 3.63) is 48.5 Å². The molecule has 2 aromatic rings. The van der Waals surface area contributed by atoms with Crippen LogP contribution >= 0.6 is 21.6 Å². The van der Waals surface area contributed by atoms with Crippen LogP contribution in [0.2, 0.25) is 0 Å². The molecule has 162 valence electrons. The highest BCUT2D eigenvalue weighted by Crippen LogP contribution is 2.28. The third kappa shape index (κ3) is 8.41. The van der Waals surface area contributed by atoms with Crippen LogP contribution < -0.4 is 20.1 Å². The van der Waals surface area contributed by atoms with E-state index >= 15 is 0 Å². The van der Waals surface area contributed by atoms with Crippen LogP contribution in [0.3, 0.4) is 0 Å². The number of amides is 2. The summed E-state index contributed by atoms with van der Waals surface area (Å²) in [5.41, 5.74) is 0.198. The molecule has 2 aromatic carbocycles. The second kappa shape index (κ2) is 12.2. The average molecular weight is 464 g/mol. The van der Waals surface area contributed by atoms with E-state index in [-0.39, 0.29) is 34.4 Å². The molecule has 6 nitrogen and oxygen atoms in total. The highest BCUT2D eigenvalue weighted by Gasteiger charge is 2.13. The smallest absolute Gasteiger partial charge is 0.387 e. The fourth-order valence-electron chi connectivity index (χ4n) is 2.10. The molecule has 12 heteroatoms. The van der Waals surface area contributed by atoms with Crippen molar-refractivity contribution in [2.45, 2.75) is 13.2 Å². The van der Waals surface area contributed by atoms with Gasteiger partial charge in [-0.15, -0.1) is 0 Å². The van der Waals surface area contributed by atoms with E-state index in [0.29, 0.717) is 0 Å². The van der Waals surface area contributed by atoms with E-state index in [2.05, 4.69) is 20.1 Å². The molecule has 0 heterocycles. The fourth-order valence-corrected chi connectivity index (χ4v) is 3.77. The highest BCUT2D eigenvalue weighted by atomic mass is 33.1. The first-order valence-electron chi connectivity index (χ1n) is 8.27. The molecule has 0 atom stereocenters. The summed E-state index contributed by atoms with van der Waals surface area (Å²) in [4.78, 5) is 23.9. The van der Waals surface area contributed by atoms with Gasteiger partial charge in [-0.1, -0.05) is 45.9 Å². The van der Waals surface area contributed by atoms with Crippen LogP contribution in [0, 0.1) is 0 Å². The molecule has 0 aromatic heterocycles. The molecule has 0 aliphatic heterocycles. The molecule has 2 amide bonds. The Hall–Kier alpha value is -2.60. The van der Waals surface area contributed by atoms with Gasteiger partial charge in [0.25, 0.3) is 0 Å². The number of carbonyl (C=O) groups is 2. The summed E-state index contributed by atoms with van der Waals surface area (Å²) < 4.78 is 58.2. The lowest BCUT2D eigenvalue weighted by Gasteiger charge is -2.12. The Morgan fingerprint density at radius 1 is 0.733 bits per heavy atom. The molecule has 0 radical (unpaired) electrons. The Balaban J connectivity index is 1.75. The summed E-state index contributed by atoms with van der Waals surface area (Å²) in [6.45, 7) is -6.05. The topological polar surface area (TPSA) is 76.7 Å². The zero-order valence-corrected chi connectivity index (χ0v) is 16.8. The van der Waals surface area contributed by atoms with Crippen molar-refractivity contribution < 1.29 is 36.6 Å². The molecule has 2 N–H and O–H groups in total. The van der Waals surface area contributed by atoms with E-state index in [1.165, 1.54) is 36.4 Å². The predicted octanol–water partition coefficient (Wildman–Crippen LogP) is 4.85. The van der Waals surface area contributed by atoms with Gasteiger partial charge in [-0.2, -0.15) is 17.6 Å². The van der Waals surface area contributed by atoms with Gasteiger partial charge in [0.2, 0.25) is 11.8 Å². The third-order valence-corrected chi connectivity index (χ3v) is 5.35. The van der Waals surface area contributed by atoms with Crippen LogP contribution in [-0.4, -0.2) is 36.5 Å². The molecular weight excluding hydrogens is 448 g/mol. The standard InChI is InChI=1S/C18H16F4N2O4S2/c19-17(20)27-13-7-3-1-5-11(13)23-15(25)9-29-30-10-16(26)24-12-6-2-4-8-14(12)28-18(21)22/h1-8,17-18H,9-10H2,(H,23,25)(H,24,26). The van der Waals surface area contributed by atoms with E-state index in [0.717, 1.165) is 21.6 Å². The molecule has 0 saturated heterocycles. The first-order chi connectivity index (χ1) is 14.3. The Labute approximate surface area is 177 Å². The van der Waals surface area contributed by atoms with E-state index in [1.807, 2.05) is 0 Å². The number of benzene rings is 2. The number of anilines is 2. The van der Waals surface area contributed by atoms with Crippen molar-refractivity contribution in [1.29, 1.82) is 0 Å². The summed E-state index contributed by atoms with van der Waals surface area (Å²) in [5.74, 6) is -1.41. The first-order valence-corrected chi connectivity index (χ1v) is 10.8. The van der Waals surface area contributed by atoms with Crippen LogP contribution in [-0.2, 0) is 9.59 Å². The number of rotatable bonds is 11. The lowest BCUT2D eigenvalue weighted by molar-refractivity contribution is -0.114. The van der Waals surface area contributed by atoms with Gasteiger partial charge < -0.3 is 20.1 Å². The lowest BCUT2D eigenvalue weighted by Crippen LogP contribution is -2.17. The van der Waals surface area contributed by atoms with Gasteiger partial charge in [0, 0.05) is 0 Å². The van der Waals surface area contributed by atoms with Crippen molar-refractivity contribution >= 4 is 44.8 Å². The quantitative estimate of drug-likeness (QED) is 0.281. The minimum Gasteiger partial charge on any atom is -0.433 e. The Morgan fingerprint density at radius 3 is 1.47 bits per heavy atom.